The molecule has 0 aliphatic carbocycles. The van der Waals surface area contributed by atoms with Gasteiger partial charge in [-0.2, -0.15) is 0 Å². The Morgan fingerprint density at radius 3 is 3.00 bits per heavy atom. The van der Waals surface area contributed by atoms with Crippen LogP contribution in [-0.2, 0) is 11.2 Å². The summed E-state index contributed by atoms with van der Waals surface area (Å²) in [4.78, 5) is 23.8. The molecule has 0 spiro atoms. The summed E-state index contributed by atoms with van der Waals surface area (Å²) in [6.45, 7) is 0. The van der Waals surface area contributed by atoms with E-state index in [1.165, 1.54) is 35.2 Å². The van der Waals surface area contributed by atoms with Gasteiger partial charge in [0.25, 0.3) is 0 Å². The molecule has 2 N–H and O–H groups in total. The highest BCUT2D eigenvalue weighted by Crippen LogP contribution is 2.29. The summed E-state index contributed by atoms with van der Waals surface area (Å²) in [7, 11) is 0. The van der Waals surface area contributed by atoms with E-state index >= 15 is 0 Å². The summed E-state index contributed by atoms with van der Waals surface area (Å²) < 4.78 is 13.9. The van der Waals surface area contributed by atoms with E-state index in [1.54, 1.807) is 30.3 Å². The SMILES string of the molecule is O=C1Cc2cc(C(=O)CSc3nnc(Nc4cccc(F)c4)s3)ccc2N1. The van der Waals surface area contributed by atoms with E-state index in [0.717, 1.165) is 11.3 Å². The number of aromatic nitrogens is 2. The molecule has 1 aromatic heterocycles. The Bertz CT molecular complexity index is 1040. The quantitative estimate of drug-likeness (QED) is 0.482. The van der Waals surface area contributed by atoms with Crippen molar-refractivity contribution >= 4 is 51.3 Å². The Morgan fingerprint density at radius 1 is 1.26 bits per heavy atom. The van der Waals surface area contributed by atoms with E-state index in [2.05, 4.69) is 20.8 Å². The monoisotopic (exact) mass is 400 g/mol. The fourth-order valence-corrected chi connectivity index (χ4v) is 4.29. The lowest BCUT2D eigenvalue weighted by Gasteiger charge is -2.03. The zero-order chi connectivity index (χ0) is 18.8. The van der Waals surface area contributed by atoms with Gasteiger partial charge in [0.2, 0.25) is 11.0 Å². The molecular formula is C18H13FN4O2S2. The number of carbonyl (C=O) groups excluding carboxylic acids is 2. The number of hydrogen-bond acceptors (Lipinski definition) is 7. The lowest BCUT2D eigenvalue weighted by Crippen LogP contribution is -2.03. The van der Waals surface area contributed by atoms with Crippen LogP contribution in [0.25, 0.3) is 0 Å². The first-order chi connectivity index (χ1) is 13.1. The van der Waals surface area contributed by atoms with Crippen molar-refractivity contribution in [3.63, 3.8) is 0 Å². The van der Waals surface area contributed by atoms with Gasteiger partial charge in [0.15, 0.2) is 10.1 Å². The van der Waals surface area contributed by atoms with Gasteiger partial charge in [0, 0.05) is 16.9 Å². The zero-order valence-electron chi connectivity index (χ0n) is 13.9. The van der Waals surface area contributed by atoms with Crippen molar-refractivity contribution in [2.24, 2.45) is 0 Å². The molecule has 0 bridgehead atoms. The van der Waals surface area contributed by atoms with Crippen molar-refractivity contribution in [1.82, 2.24) is 10.2 Å². The van der Waals surface area contributed by atoms with Crippen molar-refractivity contribution in [2.45, 2.75) is 10.8 Å². The molecule has 136 valence electrons. The number of fused-ring (bicyclic) bond motifs is 1. The molecule has 0 radical (unpaired) electrons. The van der Waals surface area contributed by atoms with Gasteiger partial charge in [0.05, 0.1) is 12.2 Å². The largest absolute Gasteiger partial charge is 0.330 e. The van der Waals surface area contributed by atoms with Crippen LogP contribution < -0.4 is 10.6 Å². The van der Waals surface area contributed by atoms with Crippen LogP contribution in [-0.4, -0.2) is 27.6 Å². The molecule has 6 nitrogen and oxygen atoms in total. The lowest BCUT2D eigenvalue weighted by molar-refractivity contribution is -0.115. The number of hydrogen-bond donors (Lipinski definition) is 2. The summed E-state index contributed by atoms with van der Waals surface area (Å²) in [5.74, 6) is -0.224. The number of nitrogens with zero attached hydrogens (tertiary/aromatic N) is 2. The Labute approximate surface area is 162 Å². The summed E-state index contributed by atoms with van der Waals surface area (Å²) in [5.41, 5.74) is 2.76. The molecule has 0 atom stereocenters. The van der Waals surface area contributed by atoms with Gasteiger partial charge >= 0.3 is 0 Å². The van der Waals surface area contributed by atoms with Gasteiger partial charge in [-0.3, -0.25) is 9.59 Å². The fourth-order valence-electron chi connectivity index (χ4n) is 2.62. The number of anilines is 3. The van der Waals surface area contributed by atoms with E-state index in [9.17, 15) is 14.0 Å². The van der Waals surface area contributed by atoms with Crippen LogP contribution in [0.3, 0.4) is 0 Å². The number of rotatable bonds is 6. The minimum Gasteiger partial charge on any atom is -0.330 e. The topological polar surface area (TPSA) is 84.0 Å². The van der Waals surface area contributed by atoms with E-state index in [1.807, 2.05) is 0 Å². The number of thioether (sulfide) groups is 1. The van der Waals surface area contributed by atoms with Crippen LogP contribution in [0.4, 0.5) is 20.9 Å². The van der Waals surface area contributed by atoms with Gasteiger partial charge in [0.1, 0.15) is 5.82 Å². The molecule has 2 heterocycles. The maximum absolute atomic E-state index is 13.2. The third-order valence-electron chi connectivity index (χ3n) is 3.86. The number of ketones is 1. The second-order valence-corrected chi connectivity index (χ2v) is 8.02. The second-order valence-electron chi connectivity index (χ2n) is 5.82. The third-order valence-corrected chi connectivity index (χ3v) is 5.83. The highest BCUT2D eigenvalue weighted by atomic mass is 32.2. The zero-order valence-corrected chi connectivity index (χ0v) is 15.5. The van der Waals surface area contributed by atoms with Crippen LogP contribution in [0, 0.1) is 5.82 Å². The highest BCUT2D eigenvalue weighted by molar-refractivity contribution is 8.01. The second kappa shape index (κ2) is 7.45. The normalized spacial score (nSPS) is 12.6. The van der Waals surface area contributed by atoms with Gasteiger partial charge in [-0.05, 0) is 42.0 Å². The number of carbonyl (C=O) groups is 2. The van der Waals surface area contributed by atoms with Crippen molar-refractivity contribution in [3.8, 4) is 0 Å². The van der Waals surface area contributed by atoms with Crippen LogP contribution in [0.5, 0.6) is 0 Å². The molecule has 0 saturated carbocycles. The molecule has 0 saturated heterocycles. The average Bonchev–Trinajstić information content (AvgIpc) is 3.24. The van der Waals surface area contributed by atoms with Crippen LogP contribution >= 0.6 is 23.1 Å². The molecule has 1 aliphatic rings. The molecule has 27 heavy (non-hydrogen) atoms. The van der Waals surface area contributed by atoms with Crippen LogP contribution in [0.2, 0.25) is 0 Å². The van der Waals surface area contributed by atoms with Gasteiger partial charge < -0.3 is 10.6 Å². The Kier molecular flexibility index (Phi) is 4.87. The molecule has 1 amide bonds. The summed E-state index contributed by atoms with van der Waals surface area (Å²) in [5, 5.41) is 14.3. The third kappa shape index (κ3) is 4.15. The minimum atomic E-state index is -0.337. The fraction of sp³-hybridized carbons (Fsp3) is 0.111. The smallest absolute Gasteiger partial charge is 0.228 e. The molecule has 1 aliphatic heterocycles. The molecule has 0 fully saturated rings. The van der Waals surface area contributed by atoms with E-state index in [4.69, 9.17) is 0 Å². The van der Waals surface area contributed by atoms with E-state index in [-0.39, 0.29) is 23.3 Å². The molecule has 3 aromatic rings. The average molecular weight is 400 g/mol. The first-order valence-corrected chi connectivity index (χ1v) is 9.82. The molecule has 4 rings (SSSR count). The number of Topliss-reactive ketones (excluding diaryl/α,β-unsaturated/α-hetero) is 1. The standard InChI is InChI=1S/C18H13FN4O2S2/c19-12-2-1-3-13(8-12)20-17-22-23-18(27-17)26-9-15(24)10-4-5-14-11(6-10)7-16(25)21-14/h1-6,8H,7,9H2,(H,20,22)(H,21,25). The summed E-state index contributed by atoms with van der Waals surface area (Å²) in [6, 6.07) is 11.3. The number of benzene rings is 2. The predicted octanol–water partition coefficient (Wildman–Crippen LogP) is 3.89. The number of amides is 1. The maximum atomic E-state index is 13.2. The van der Waals surface area contributed by atoms with Crippen molar-refractivity contribution in [2.75, 3.05) is 16.4 Å². The number of halogens is 1. The van der Waals surface area contributed by atoms with Gasteiger partial charge in [-0.25, -0.2) is 4.39 Å². The van der Waals surface area contributed by atoms with Crippen molar-refractivity contribution in [3.05, 3.63) is 59.4 Å². The first kappa shape index (κ1) is 17.6. The van der Waals surface area contributed by atoms with Gasteiger partial charge in [-0.1, -0.05) is 29.2 Å². The molecule has 2 aromatic carbocycles. The van der Waals surface area contributed by atoms with Crippen LogP contribution in [0.1, 0.15) is 15.9 Å². The first-order valence-electron chi connectivity index (χ1n) is 8.02. The summed E-state index contributed by atoms with van der Waals surface area (Å²) >= 11 is 2.58. The lowest BCUT2D eigenvalue weighted by atomic mass is 10.1. The maximum Gasteiger partial charge on any atom is 0.228 e. The minimum absolute atomic E-state index is 0.0445. The van der Waals surface area contributed by atoms with E-state index < -0.39 is 0 Å². The summed E-state index contributed by atoms with van der Waals surface area (Å²) in [6.07, 6.45) is 0.301. The highest BCUT2D eigenvalue weighted by Gasteiger charge is 2.19. The van der Waals surface area contributed by atoms with Crippen molar-refractivity contribution < 1.29 is 14.0 Å². The molecule has 0 unspecified atom stereocenters. The van der Waals surface area contributed by atoms with E-state index in [0.29, 0.717) is 27.1 Å². The van der Waals surface area contributed by atoms with Crippen molar-refractivity contribution in [1.29, 1.82) is 0 Å². The predicted molar refractivity (Wildman–Crippen MR) is 103 cm³/mol. The van der Waals surface area contributed by atoms with Gasteiger partial charge in [-0.15, -0.1) is 10.2 Å². The molecule has 9 heteroatoms. The Balaban J connectivity index is 1.36. The molecular weight excluding hydrogens is 387 g/mol. The van der Waals surface area contributed by atoms with Crippen LogP contribution in [0.15, 0.2) is 46.8 Å². The Hall–Kier alpha value is -2.78. The number of nitrogens with one attached hydrogen (secondary N) is 2. The Morgan fingerprint density at radius 2 is 2.15 bits per heavy atom.